The second-order valence-electron chi connectivity index (χ2n) is 15.2. The van der Waals surface area contributed by atoms with Gasteiger partial charge in [-0.25, -0.2) is 19.4 Å². The molecular weight excluding hydrogens is 686 g/mol. The summed E-state index contributed by atoms with van der Waals surface area (Å²) in [5, 5.41) is 44.6. The molecule has 2 unspecified atom stereocenters. The van der Waals surface area contributed by atoms with Gasteiger partial charge in [0.25, 0.3) is 0 Å². The van der Waals surface area contributed by atoms with Crippen LogP contribution in [-0.2, 0) is 33.0 Å². The van der Waals surface area contributed by atoms with E-state index in [0.29, 0.717) is 30.1 Å². The molecule has 4 rings (SSSR count). The molecule has 0 aliphatic heterocycles. The Morgan fingerprint density at radius 3 is 2.08 bits per heavy atom. The number of carbonyl (C=O) groups is 3. The van der Waals surface area contributed by atoms with Crippen LogP contribution in [0, 0.1) is 5.92 Å². The number of carboxylic acid groups (broad SMARTS) is 2. The van der Waals surface area contributed by atoms with Gasteiger partial charge in [0.2, 0.25) is 5.89 Å². The van der Waals surface area contributed by atoms with Crippen LogP contribution in [0.15, 0.2) is 65.2 Å². The second-order valence-corrected chi connectivity index (χ2v) is 15.2. The molecule has 0 radical (unpaired) electrons. The number of carbonyl (C=O) groups excluding carboxylic acids is 1. The van der Waals surface area contributed by atoms with E-state index in [4.69, 9.17) is 34.3 Å². The fourth-order valence-electron chi connectivity index (χ4n) is 6.13. The maximum Gasteiger partial charge on any atom is 0.410 e. The fraction of sp³-hybridized carbons (Fsp3) is 0.538. The van der Waals surface area contributed by atoms with E-state index in [2.05, 4.69) is 19.1 Å². The number of aliphatic hydroxyl groups excluding tert-OH is 2. The van der Waals surface area contributed by atoms with E-state index in [9.17, 15) is 19.5 Å². The van der Waals surface area contributed by atoms with Crippen LogP contribution < -0.4 is 4.74 Å². The molecule has 5 N–H and O–H groups in total. The molecule has 2 aromatic carbocycles. The SMILES string of the molecule is CN(Cc1ccc(OCCC[N+](C)(C)Cc2cnc([C@](O)(c3ccccc3)C3CCCCC3)o2)cc1)C(=O)OC(C)(C)C.O=C(O)C(O)C(O)C(=O)O. The first-order valence-electron chi connectivity index (χ1n) is 17.8. The predicted octanol–water partition coefficient (Wildman–Crippen LogP) is 4.78. The molecule has 3 aromatic rings. The number of hydrogen-bond donors (Lipinski definition) is 5. The van der Waals surface area contributed by atoms with Crippen LogP contribution in [0.5, 0.6) is 5.75 Å². The van der Waals surface area contributed by atoms with Gasteiger partial charge in [0, 0.05) is 25.9 Å². The first-order valence-corrected chi connectivity index (χ1v) is 17.8. The summed E-state index contributed by atoms with van der Waals surface area (Å²) in [6, 6.07) is 17.7. The van der Waals surface area contributed by atoms with Crippen LogP contribution in [-0.4, -0.2) is 110 Å². The standard InChI is InChI=1S/C35H50N3O5.C4H6O6/c1-34(2,3)43-33(39)37(4)25-27-18-20-30(21-19-27)41-23-13-22-38(5,6)26-31-24-36-32(42-31)35(40,28-14-9-7-10-15-28)29-16-11-8-12-17-29;5-1(3(7)8)2(6)4(9)10/h7,9-10,14-15,18-21,24,29,40H,8,11-13,16-17,22-23,25-26H2,1-6H3;1-2,5-6H,(H,7,8)(H,9,10)/q+1;/t35-;/m0./s1. The highest BCUT2D eigenvalue weighted by Crippen LogP contribution is 2.43. The van der Waals surface area contributed by atoms with Gasteiger partial charge in [-0.2, -0.15) is 0 Å². The molecule has 1 heterocycles. The number of aromatic nitrogens is 1. The van der Waals surface area contributed by atoms with Gasteiger partial charge in [-0.15, -0.1) is 0 Å². The number of hydrogen-bond acceptors (Lipinski definition) is 10. The molecule has 3 atom stereocenters. The molecular formula is C39H56N3O11+. The molecule has 292 valence electrons. The van der Waals surface area contributed by atoms with Gasteiger partial charge >= 0.3 is 18.0 Å². The lowest BCUT2D eigenvalue weighted by atomic mass is 9.73. The van der Waals surface area contributed by atoms with Crippen molar-refractivity contribution in [1.82, 2.24) is 9.88 Å². The molecule has 0 bridgehead atoms. The van der Waals surface area contributed by atoms with Gasteiger partial charge in [0.05, 0.1) is 33.4 Å². The molecule has 14 heteroatoms. The zero-order valence-electron chi connectivity index (χ0n) is 31.6. The topological polar surface area (TPSA) is 200 Å². The summed E-state index contributed by atoms with van der Waals surface area (Å²) < 4.78 is 18.4. The Kier molecular flexibility index (Phi) is 15.4. The molecule has 1 saturated carbocycles. The molecule has 53 heavy (non-hydrogen) atoms. The average molecular weight is 743 g/mol. The van der Waals surface area contributed by atoms with Crippen LogP contribution in [0.1, 0.15) is 82.1 Å². The summed E-state index contributed by atoms with van der Waals surface area (Å²) in [5.74, 6) is -1.46. The largest absolute Gasteiger partial charge is 0.493 e. The van der Waals surface area contributed by atoms with Crippen molar-refractivity contribution in [1.29, 1.82) is 0 Å². The lowest BCUT2D eigenvalue weighted by Crippen LogP contribution is -2.40. The van der Waals surface area contributed by atoms with E-state index in [0.717, 1.165) is 61.3 Å². The number of amides is 1. The first-order chi connectivity index (χ1) is 24.8. The maximum absolute atomic E-state index is 12.2. The van der Waals surface area contributed by atoms with Crippen LogP contribution >= 0.6 is 0 Å². The second kappa shape index (κ2) is 19.0. The van der Waals surface area contributed by atoms with Crippen molar-refractivity contribution < 1.29 is 58.3 Å². The number of quaternary nitrogens is 1. The van der Waals surface area contributed by atoms with Crippen molar-refractivity contribution in [2.24, 2.45) is 5.92 Å². The van der Waals surface area contributed by atoms with E-state index in [1.165, 1.54) is 6.42 Å². The minimum absolute atomic E-state index is 0.0924. The van der Waals surface area contributed by atoms with E-state index >= 15 is 0 Å². The van der Waals surface area contributed by atoms with E-state index in [1.807, 2.05) is 75.4 Å². The molecule has 1 aromatic heterocycles. The van der Waals surface area contributed by atoms with Crippen molar-refractivity contribution in [2.45, 2.75) is 95.8 Å². The van der Waals surface area contributed by atoms with Crippen LogP contribution in [0.25, 0.3) is 0 Å². The van der Waals surface area contributed by atoms with Gasteiger partial charge in [-0.3, -0.25) is 0 Å². The summed E-state index contributed by atoms with van der Waals surface area (Å²) in [5.41, 5.74) is 0.124. The molecule has 1 aliphatic carbocycles. The third kappa shape index (κ3) is 13.1. The molecule has 14 nitrogen and oxygen atoms in total. The summed E-state index contributed by atoms with van der Waals surface area (Å²) in [6.07, 6.45) is 3.17. The number of benzene rings is 2. The van der Waals surface area contributed by atoms with Crippen LogP contribution in [0.4, 0.5) is 4.79 Å². The number of ether oxygens (including phenoxy) is 2. The van der Waals surface area contributed by atoms with Crippen LogP contribution in [0.3, 0.4) is 0 Å². The Morgan fingerprint density at radius 1 is 0.943 bits per heavy atom. The van der Waals surface area contributed by atoms with Crippen molar-refractivity contribution in [2.75, 3.05) is 34.3 Å². The third-order valence-corrected chi connectivity index (χ3v) is 8.90. The summed E-state index contributed by atoms with van der Waals surface area (Å²) >= 11 is 0. The van der Waals surface area contributed by atoms with Crippen molar-refractivity contribution >= 4 is 18.0 Å². The fourth-order valence-corrected chi connectivity index (χ4v) is 6.13. The zero-order chi connectivity index (χ0) is 39.4. The Labute approximate surface area is 311 Å². The number of carboxylic acids is 2. The Morgan fingerprint density at radius 2 is 1.53 bits per heavy atom. The van der Waals surface area contributed by atoms with Crippen molar-refractivity contribution in [3.8, 4) is 5.75 Å². The number of oxazole rings is 1. The molecule has 0 spiro atoms. The normalized spacial score (nSPS) is 15.9. The lowest BCUT2D eigenvalue weighted by molar-refractivity contribution is -0.904. The molecule has 1 fully saturated rings. The van der Waals surface area contributed by atoms with Crippen LogP contribution in [0.2, 0.25) is 0 Å². The monoisotopic (exact) mass is 742 g/mol. The van der Waals surface area contributed by atoms with Crippen molar-refractivity contribution in [3.63, 3.8) is 0 Å². The van der Waals surface area contributed by atoms with E-state index in [-0.39, 0.29) is 12.0 Å². The molecule has 1 amide bonds. The third-order valence-electron chi connectivity index (χ3n) is 8.90. The van der Waals surface area contributed by atoms with Gasteiger partial charge in [0.15, 0.2) is 23.6 Å². The van der Waals surface area contributed by atoms with Crippen molar-refractivity contribution in [3.05, 3.63) is 83.6 Å². The lowest BCUT2D eigenvalue weighted by Gasteiger charge is -2.36. The number of aliphatic hydroxyl groups is 3. The van der Waals surface area contributed by atoms with Gasteiger partial charge < -0.3 is 48.8 Å². The van der Waals surface area contributed by atoms with E-state index < -0.39 is 35.3 Å². The average Bonchev–Trinajstić information content (AvgIpc) is 3.58. The quantitative estimate of drug-likeness (QED) is 0.106. The maximum atomic E-state index is 12.2. The van der Waals surface area contributed by atoms with Gasteiger partial charge in [-0.1, -0.05) is 61.7 Å². The Hall–Kier alpha value is -4.50. The van der Waals surface area contributed by atoms with Gasteiger partial charge in [-0.05, 0) is 56.9 Å². The summed E-state index contributed by atoms with van der Waals surface area (Å²) in [4.78, 5) is 38.0. The highest BCUT2D eigenvalue weighted by atomic mass is 16.6. The highest BCUT2D eigenvalue weighted by Gasteiger charge is 2.45. The minimum Gasteiger partial charge on any atom is -0.493 e. The molecule has 0 saturated heterocycles. The summed E-state index contributed by atoms with van der Waals surface area (Å²) in [7, 11) is 6.07. The number of aliphatic carboxylic acids is 2. The number of nitrogens with zero attached hydrogens (tertiary/aromatic N) is 3. The smallest absolute Gasteiger partial charge is 0.410 e. The number of rotatable bonds is 15. The first kappa shape index (κ1) is 42.9. The Bertz CT molecular complexity index is 1580. The van der Waals surface area contributed by atoms with Gasteiger partial charge in [0.1, 0.15) is 17.9 Å². The Balaban J connectivity index is 0.000000661. The highest BCUT2D eigenvalue weighted by molar-refractivity contribution is 5.83. The zero-order valence-corrected chi connectivity index (χ0v) is 31.6. The summed E-state index contributed by atoms with van der Waals surface area (Å²) in [6.45, 7) is 8.20. The minimum atomic E-state index is -2.27. The molecule has 1 aliphatic rings. The van der Waals surface area contributed by atoms with E-state index in [1.54, 1.807) is 18.1 Å². The predicted molar refractivity (Wildman–Crippen MR) is 195 cm³/mol.